The number of oxazole rings is 1. The number of phenols is 2. The van der Waals surface area contributed by atoms with Crippen molar-refractivity contribution < 1.29 is 19.4 Å². The zero-order valence-corrected chi connectivity index (χ0v) is 10.6. The van der Waals surface area contributed by atoms with Crippen molar-refractivity contribution in [1.29, 1.82) is 0 Å². The van der Waals surface area contributed by atoms with Crippen LogP contribution < -0.4 is 5.32 Å². The van der Waals surface area contributed by atoms with E-state index in [9.17, 15) is 15.0 Å². The molecule has 1 aromatic heterocycles. The maximum absolute atomic E-state index is 11.8. The minimum Gasteiger partial charge on any atom is -0.504 e. The lowest BCUT2D eigenvalue weighted by Crippen LogP contribution is -2.23. The molecule has 0 atom stereocenters. The molecular formula is C13H14N2O4. The zero-order chi connectivity index (χ0) is 14.0. The molecule has 1 amide bonds. The van der Waals surface area contributed by atoms with Crippen LogP contribution in [0.3, 0.4) is 0 Å². The van der Waals surface area contributed by atoms with E-state index in [4.69, 9.17) is 4.42 Å². The summed E-state index contributed by atoms with van der Waals surface area (Å²) in [5, 5.41) is 21.4. The Morgan fingerprint density at radius 3 is 2.74 bits per heavy atom. The third-order valence-electron chi connectivity index (χ3n) is 2.73. The Morgan fingerprint density at radius 1 is 1.37 bits per heavy atom. The number of rotatable bonds is 3. The number of phenolic OH excluding ortho intramolecular Hbond substituents is 2. The molecule has 2 aromatic rings. The molecule has 0 aliphatic carbocycles. The predicted molar refractivity (Wildman–Crippen MR) is 66.9 cm³/mol. The van der Waals surface area contributed by atoms with Gasteiger partial charge in [-0.3, -0.25) is 4.79 Å². The number of hydrogen-bond donors (Lipinski definition) is 3. The lowest BCUT2D eigenvalue weighted by atomic mass is 10.1. The molecule has 0 aliphatic heterocycles. The van der Waals surface area contributed by atoms with Crippen LogP contribution in [-0.4, -0.2) is 21.1 Å². The van der Waals surface area contributed by atoms with E-state index >= 15 is 0 Å². The molecule has 1 aromatic carbocycles. The molecule has 0 saturated heterocycles. The summed E-state index contributed by atoms with van der Waals surface area (Å²) >= 11 is 0. The van der Waals surface area contributed by atoms with Gasteiger partial charge in [-0.1, -0.05) is 6.07 Å². The first-order valence-corrected chi connectivity index (χ1v) is 5.71. The lowest BCUT2D eigenvalue weighted by molar-refractivity contribution is 0.0943. The third-order valence-corrected chi connectivity index (χ3v) is 2.73. The highest BCUT2D eigenvalue weighted by atomic mass is 16.4. The van der Waals surface area contributed by atoms with Crippen LogP contribution in [0.1, 0.15) is 27.7 Å². The van der Waals surface area contributed by atoms with E-state index in [-0.39, 0.29) is 17.9 Å². The second-order valence-electron chi connectivity index (χ2n) is 4.11. The van der Waals surface area contributed by atoms with Gasteiger partial charge in [0.25, 0.3) is 5.91 Å². The van der Waals surface area contributed by atoms with Gasteiger partial charge < -0.3 is 19.9 Å². The topological polar surface area (TPSA) is 95.6 Å². The quantitative estimate of drug-likeness (QED) is 0.731. The fourth-order valence-corrected chi connectivity index (χ4v) is 1.58. The molecule has 3 N–H and O–H groups in total. The van der Waals surface area contributed by atoms with E-state index in [0.29, 0.717) is 11.7 Å². The predicted octanol–water partition coefficient (Wildman–Crippen LogP) is 1.63. The van der Waals surface area contributed by atoms with Crippen molar-refractivity contribution in [2.75, 3.05) is 0 Å². The summed E-state index contributed by atoms with van der Waals surface area (Å²) in [5.74, 6) is -0.204. The van der Waals surface area contributed by atoms with Gasteiger partial charge in [0.2, 0.25) is 5.89 Å². The average Bonchev–Trinajstić information content (AvgIpc) is 2.69. The minimum atomic E-state index is -0.512. The van der Waals surface area contributed by atoms with E-state index in [1.165, 1.54) is 18.2 Å². The molecule has 19 heavy (non-hydrogen) atoms. The van der Waals surface area contributed by atoms with Crippen LogP contribution in [0, 0.1) is 13.8 Å². The van der Waals surface area contributed by atoms with Gasteiger partial charge in [-0.15, -0.1) is 0 Å². The largest absolute Gasteiger partial charge is 0.504 e. The van der Waals surface area contributed by atoms with Gasteiger partial charge in [0.05, 0.1) is 17.8 Å². The van der Waals surface area contributed by atoms with Crippen LogP contribution in [0.4, 0.5) is 0 Å². The molecule has 6 nitrogen and oxygen atoms in total. The highest BCUT2D eigenvalue weighted by molar-refractivity contribution is 5.97. The Bertz CT molecular complexity index is 600. The molecule has 0 spiro atoms. The highest BCUT2D eigenvalue weighted by Gasteiger charge is 2.14. The van der Waals surface area contributed by atoms with E-state index in [2.05, 4.69) is 10.3 Å². The van der Waals surface area contributed by atoms with E-state index < -0.39 is 11.7 Å². The van der Waals surface area contributed by atoms with Gasteiger partial charge in [-0.25, -0.2) is 4.98 Å². The Balaban J connectivity index is 2.07. The molecule has 0 aliphatic rings. The van der Waals surface area contributed by atoms with Crippen molar-refractivity contribution in [1.82, 2.24) is 10.3 Å². The van der Waals surface area contributed by atoms with Gasteiger partial charge in [0.15, 0.2) is 11.5 Å². The minimum absolute atomic E-state index is 0.000000000000000444. The second kappa shape index (κ2) is 5.01. The van der Waals surface area contributed by atoms with Crippen LogP contribution >= 0.6 is 0 Å². The first-order chi connectivity index (χ1) is 8.99. The van der Waals surface area contributed by atoms with E-state index in [1.54, 1.807) is 6.92 Å². The normalized spacial score (nSPS) is 10.4. The van der Waals surface area contributed by atoms with E-state index in [1.807, 2.05) is 6.92 Å². The molecule has 6 heteroatoms. The molecule has 100 valence electrons. The molecule has 0 saturated carbocycles. The number of hydrogen-bond acceptors (Lipinski definition) is 5. The Morgan fingerprint density at radius 2 is 2.11 bits per heavy atom. The Kier molecular flexibility index (Phi) is 3.41. The Hall–Kier alpha value is -2.50. The van der Waals surface area contributed by atoms with Gasteiger partial charge in [0, 0.05) is 0 Å². The van der Waals surface area contributed by atoms with Crippen LogP contribution in [0.15, 0.2) is 22.6 Å². The summed E-state index contributed by atoms with van der Waals surface area (Å²) in [4.78, 5) is 16.0. The van der Waals surface area contributed by atoms with E-state index in [0.717, 1.165) is 5.69 Å². The average molecular weight is 262 g/mol. The number of nitrogens with one attached hydrogen (secondary N) is 1. The van der Waals surface area contributed by atoms with Crippen molar-refractivity contribution in [3.05, 3.63) is 41.1 Å². The molecule has 0 unspecified atom stereocenters. The number of nitrogens with zero attached hydrogens (tertiary/aromatic N) is 1. The van der Waals surface area contributed by atoms with Crippen LogP contribution in [0.25, 0.3) is 0 Å². The monoisotopic (exact) mass is 262 g/mol. The van der Waals surface area contributed by atoms with Crippen LogP contribution in [-0.2, 0) is 6.54 Å². The number of aromatic nitrogens is 1. The summed E-state index contributed by atoms with van der Waals surface area (Å²) in [7, 11) is 0. The van der Waals surface area contributed by atoms with Gasteiger partial charge in [0.1, 0.15) is 5.76 Å². The summed E-state index contributed by atoms with van der Waals surface area (Å²) in [5.41, 5.74) is 0.768. The number of aromatic hydroxyl groups is 2. The molecule has 2 rings (SSSR count). The first-order valence-electron chi connectivity index (χ1n) is 5.71. The van der Waals surface area contributed by atoms with Crippen molar-refractivity contribution >= 4 is 5.91 Å². The Labute approximate surface area is 109 Å². The summed E-state index contributed by atoms with van der Waals surface area (Å²) in [6.07, 6.45) is 0. The van der Waals surface area contributed by atoms with Gasteiger partial charge >= 0.3 is 0 Å². The molecular weight excluding hydrogens is 248 g/mol. The second-order valence-corrected chi connectivity index (χ2v) is 4.11. The number of amides is 1. The van der Waals surface area contributed by atoms with Crippen molar-refractivity contribution in [2.45, 2.75) is 20.4 Å². The fraction of sp³-hybridized carbons (Fsp3) is 0.231. The maximum Gasteiger partial charge on any atom is 0.255 e. The summed E-state index contributed by atoms with van der Waals surface area (Å²) in [6, 6.07) is 4.19. The van der Waals surface area contributed by atoms with Gasteiger partial charge in [-0.05, 0) is 26.0 Å². The van der Waals surface area contributed by atoms with Crippen molar-refractivity contribution in [3.8, 4) is 11.5 Å². The SMILES string of the molecule is Cc1nc(CNC(=O)c2cccc(O)c2O)oc1C. The first kappa shape index (κ1) is 12.9. The number of benzene rings is 1. The number of aryl methyl sites for hydroxylation is 2. The lowest BCUT2D eigenvalue weighted by Gasteiger charge is -2.05. The molecule has 0 fully saturated rings. The van der Waals surface area contributed by atoms with Gasteiger partial charge in [-0.2, -0.15) is 0 Å². The molecule has 0 radical (unpaired) electrons. The third kappa shape index (κ3) is 2.67. The highest BCUT2D eigenvalue weighted by Crippen LogP contribution is 2.27. The fourth-order valence-electron chi connectivity index (χ4n) is 1.58. The molecule has 1 heterocycles. The maximum atomic E-state index is 11.8. The summed E-state index contributed by atoms with van der Waals surface area (Å²) < 4.78 is 5.32. The number of para-hydroxylation sites is 1. The smallest absolute Gasteiger partial charge is 0.255 e. The number of carbonyl (C=O) groups is 1. The van der Waals surface area contributed by atoms with Crippen LogP contribution in [0.5, 0.6) is 11.5 Å². The number of carbonyl (C=O) groups excluding carboxylic acids is 1. The van der Waals surface area contributed by atoms with Crippen molar-refractivity contribution in [3.63, 3.8) is 0 Å². The molecule has 0 bridgehead atoms. The van der Waals surface area contributed by atoms with Crippen molar-refractivity contribution in [2.24, 2.45) is 0 Å². The standard InChI is InChI=1S/C13H14N2O4/c1-7-8(2)19-11(15-7)6-14-13(18)9-4-3-5-10(16)12(9)17/h3-5,16-17H,6H2,1-2H3,(H,14,18). The van der Waals surface area contributed by atoms with Crippen LogP contribution in [0.2, 0.25) is 0 Å². The zero-order valence-electron chi connectivity index (χ0n) is 10.6. The summed E-state index contributed by atoms with van der Waals surface area (Å²) in [6.45, 7) is 3.71.